The smallest absolute Gasteiger partial charge is 0.303 e. The van der Waals surface area contributed by atoms with Gasteiger partial charge in [0.05, 0.1) is 5.71 Å². The Bertz CT molecular complexity index is 1200. The number of fused-ring (bicyclic) bond motifs is 1. The van der Waals surface area contributed by atoms with E-state index in [9.17, 15) is 19.2 Å². The topological polar surface area (TPSA) is 152 Å². The quantitative estimate of drug-likeness (QED) is 0.149. The molecule has 2 aliphatic rings. The molecule has 5 atom stereocenters. The Morgan fingerprint density at radius 3 is 2.19 bits per heavy atom. The zero-order valence-electron chi connectivity index (χ0n) is 26.0. The number of oxime groups is 1. The van der Waals surface area contributed by atoms with Crippen LogP contribution >= 0.6 is 0 Å². The summed E-state index contributed by atoms with van der Waals surface area (Å²) in [5, 5.41) is 4.22. The van der Waals surface area contributed by atoms with E-state index in [1.807, 2.05) is 0 Å². The molecule has 2 aliphatic heterocycles. The van der Waals surface area contributed by atoms with Gasteiger partial charge in [0.25, 0.3) is 6.29 Å². The Labute approximate surface area is 252 Å². The average Bonchev–Trinajstić information content (AvgIpc) is 2.94. The fourth-order valence-electron chi connectivity index (χ4n) is 5.20. The first kappa shape index (κ1) is 33.9. The van der Waals surface area contributed by atoms with E-state index >= 15 is 0 Å². The van der Waals surface area contributed by atoms with Crippen LogP contribution in [0.25, 0.3) is 0 Å². The van der Waals surface area contributed by atoms with Crippen LogP contribution in [0.1, 0.15) is 77.4 Å². The molecule has 1 aromatic heterocycles. The van der Waals surface area contributed by atoms with Crippen LogP contribution < -0.4 is 0 Å². The standard InChI is InChI=1S/C30H43N3O10/c1-8-22-14-23-15-33(13-11-25(23)31-24(22)9-2)12-10-17(3)32-43-30-29(41-21(7)37)28(40-20(6)36)27(39-19(5)35)26(42-30)16-38-18(4)34/h14,26-30H,8-13,15-16H2,1-7H3/t26-,27-,28+,29+,30+/m1/s1. The second-order valence-electron chi connectivity index (χ2n) is 10.7. The molecule has 0 N–H and O–H groups in total. The minimum Gasteiger partial charge on any atom is -0.463 e. The zero-order chi connectivity index (χ0) is 31.7. The molecule has 13 heteroatoms. The van der Waals surface area contributed by atoms with Gasteiger partial charge in [0.1, 0.15) is 12.7 Å². The lowest BCUT2D eigenvalue weighted by Gasteiger charge is -2.43. The molecule has 13 nitrogen and oxygen atoms in total. The summed E-state index contributed by atoms with van der Waals surface area (Å²) >= 11 is 0. The van der Waals surface area contributed by atoms with E-state index < -0.39 is 54.6 Å². The number of pyridine rings is 1. The maximum atomic E-state index is 12.0. The summed E-state index contributed by atoms with van der Waals surface area (Å²) in [4.78, 5) is 60.3. The van der Waals surface area contributed by atoms with Gasteiger partial charge < -0.3 is 28.5 Å². The zero-order valence-corrected chi connectivity index (χ0v) is 26.0. The van der Waals surface area contributed by atoms with Crippen LogP contribution in [0.15, 0.2) is 11.2 Å². The Balaban J connectivity index is 1.74. The number of hydrogen-bond donors (Lipinski definition) is 0. The number of rotatable bonds is 12. The molecule has 0 unspecified atom stereocenters. The minimum absolute atomic E-state index is 0.342. The van der Waals surface area contributed by atoms with Crippen LogP contribution in [0, 0.1) is 0 Å². The van der Waals surface area contributed by atoms with Crippen LogP contribution in [-0.4, -0.2) is 89.9 Å². The first-order chi connectivity index (χ1) is 20.4. The molecule has 0 bridgehead atoms. The molecule has 3 heterocycles. The van der Waals surface area contributed by atoms with E-state index in [-0.39, 0.29) is 6.61 Å². The molecule has 0 aliphatic carbocycles. The SMILES string of the molecule is CCc1cc2c(nc1CC)CCN(CCC(C)=NO[C@@H]1O[C@H](COC(C)=O)[C@@H](OC(C)=O)[C@H](OC(C)=O)[C@@H]1OC(C)=O)C2. The summed E-state index contributed by atoms with van der Waals surface area (Å²) in [7, 11) is 0. The van der Waals surface area contributed by atoms with Gasteiger partial charge in [-0.25, -0.2) is 0 Å². The highest BCUT2D eigenvalue weighted by Crippen LogP contribution is 2.30. The lowest BCUT2D eigenvalue weighted by Crippen LogP contribution is -2.62. The third kappa shape index (κ3) is 9.72. The second kappa shape index (κ2) is 15.8. The first-order valence-electron chi connectivity index (χ1n) is 14.6. The van der Waals surface area contributed by atoms with E-state index in [4.69, 9.17) is 33.5 Å². The van der Waals surface area contributed by atoms with Crippen LogP contribution in [0.3, 0.4) is 0 Å². The number of nitrogens with zero attached hydrogens (tertiary/aromatic N) is 3. The van der Waals surface area contributed by atoms with Crippen molar-refractivity contribution in [3.05, 3.63) is 28.6 Å². The van der Waals surface area contributed by atoms with Crippen molar-refractivity contribution >= 4 is 29.6 Å². The third-order valence-corrected chi connectivity index (χ3v) is 7.18. The van der Waals surface area contributed by atoms with Crippen LogP contribution in [-0.2, 0) is 73.5 Å². The Morgan fingerprint density at radius 1 is 0.930 bits per heavy atom. The van der Waals surface area contributed by atoms with Gasteiger partial charge in [-0.2, -0.15) is 0 Å². The maximum absolute atomic E-state index is 12.0. The van der Waals surface area contributed by atoms with Crippen molar-refractivity contribution in [2.24, 2.45) is 5.16 Å². The van der Waals surface area contributed by atoms with Crippen molar-refractivity contribution in [2.75, 3.05) is 19.7 Å². The van der Waals surface area contributed by atoms with Crippen LogP contribution in [0.5, 0.6) is 0 Å². The molecular formula is C30H43N3O10. The lowest BCUT2D eigenvalue weighted by atomic mass is 9.98. The van der Waals surface area contributed by atoms with Gasteiger partial charge in [-0.1, -0.05) is 25.1 Å². The maximum Gasteiger partial charge on any atom is 0.303 e. The van der Waals surface area contributed by atoms with Gasteiger partial charge in [0.2, 0.25) is 6.10 Å². The number of carbonyl (C=O) groups excluding carboxylic acids is 4. The molecule has 1 aromatic rings. The summed E-state index contributed by atoms with van der Waals surface area (Å²) < 4.78 is 27.2. The van der Waals surface area contributed by atoms with Gasteiger partial charge in [-0.3, -0.25) is 29.1 Å². The van der Waals surface area contributed by atoms with Gasteiger partial charge >= 0.3 is 23.9 Å². The average molecular weight is 606 g/mol. The summed E-state index contributed by atoms with van der Waals surface area (Å²) in [6, 6.07) is 2.28. The number of aryl methyl sites for hydroxylation is 2. The molecule has 1 fully saturated rings. The monoisotopic (exact) mass is 605 g/mol. The predicted octanol–water partition coefficient (Wildman–Crippen LogP) is 2.43. The highest BCUT2D eigenvalue weighted by Gasteiger charge is 2.53. The third-order valence-electron chi connectivity index (χ3n) is 7.18. The fraction of sp³-hybridized carbons (Fsp3) is 0.667. The molecule has 0 saturated carbocycles. The molecular weight excluding hydrogens is 562 g/mol. The molecule has 0 aromatic carbocycles. The van der Waals surface area contributed by atoms with Gasteiger partial charge in [0.15, 0.2) is 12.2 Å². The van der Waals surface area contributed by atoms with Crippen molar-refractivity contribution in [3.63, 3.8) is 0 Å². The summed E-state index contributed by atoms with van der Waals surface area (Å²) in [5.41, 5.74) is 5.54. The summed E-state index contributed by atoms with van der Waals surface area (Å²) in [5.74, 6) is -2.74. The molecule has 0 radical (unpaired) electrons. The Kier molecular flexibility index (Phi) is 12.4. The highest BCUT2D eigenvalue weighted by molar-refractivity contribution is 5.81. The van der Waals surface area contributed by atoms with Crippen molar-refractivity contribution in [1.82, 2.24) is 9.88 Å². The Hall–Kier alpha value is -3.58. The fourth-order valence-corrected chi connectivity index (χ4v) is 5.20. The second-order valence-corrected chi connectivity index (χ2v) is 10.7. The van der Waals surface area contributed by atoms with Gasteiger partial charge in [-0.15, -0.1) is 0 Å². The van der Waals surface area contributed by atoms with Gasteiger partial charge in [-0.05, 0) is 30.9 Å². The van der Waals surface area contributed by atoms with Crippen molar-refractivity contribution < 1.29 is 47.7 Å². The van der Waals surface area contributed by atoms with E-state index in [1.165, 1.54) is 36.4 Å². The first-order valence-corrected chi connectivity index (χ1v) is 14.6. The van der Waals surface area contributed by atoms with Crippen LogP contribution in [0.2, 0.25) is 0 Å². The van der Waals surface area contributed by atoms with Crippen LogP contribution in [0.4, 0.5) is 0 Å². The van der Waals surface area contributed by atoms with Gasteiger partial charge in [0, 0.05) is 71.6 Å². The van der Waals surface area contributed by atoms with E-state index in [0.29, 0.717) is 12.1 Å². The molecule has 0 spiro atoms. The number of ether oxygens (including phenoxy) is 5. The Morgan fingerprint density at radius 2 is 1.58 bits per heavy atom. The summed E-state index contributed by atoms with van der Waals surface area (Å²) in [6.07, 6.45) is -3.03. The number of esters is 4. The lowest BCUT2D eigenvalue weighted by molar-refractivity contribution is -0.308. The van der Waals surface area contributed by atoms with Crippen molar-refractivity contribution in [1.29, 1.82) is 0 Å². The number of hydrogen-bond acceptors (Lipinski definition) is 13. The highest BCUT2D eigenvalue weighted by atomic mass is 16.8. The molecule has 43 heavy (non-hydrogen) atoms. The van der Waals surface area contributed by atoms with Crippen molar-refractivity contribution in [2.45, 2.75) is 111 Å². The normalized spacial score (nSPS) is 24.0. The molecule has 1 saturated heterocycles. The minimum atomic E-state index is -1.36. The largest absolute Gasteiger partial charge is 0.463 e. The van der Waals surface area contributed by atoms with E-state index in [1.54, 1.807) is 6.92 Å². The number of aromatic nitrogens is 1. The van der Waals surface area contributed by atoms with E-state index in [0.717, 1.165) is 52.7 Å². The predicted molar refractivity (Wildman–Crippen MR) is 153 cm³/mol. The summed E-state index contributed by atoms with van der Waals surface area (Å²) in [6.45, 7) is 12.8. The molecule has 3 rings (SSSR count). The van der Waals surface area contributed by atoms with Crippen molar-refractivity contribution in [3.8, 4) is 0 Å². The van der Waals surface area contributed by atoms with E-state index in [2.05, 4.69) is 30.0 Å². The molecule has 238 valence electrons. The number of carbonyl (C=O) groups is 4. The molecule has 0 amide bonds.